The smallest absolute Gasteiger partial charge is 0.272 e. The molecule has 13 heteroatoms. The van der Waals surface area contributed by atoms with E-state index >= 15 is 0 Å². The molecule has 0 aliphatic carbocycles. The van der Waals surface area contributed by atoms with Crippen molar-refractivity contribution in [2.45, 2.75) is 0 Å². The van der Waals surface area contributed by atoms with Gasteiger partial charge in [0.05, 0.1) is 33.2 Å². The van der Waals surface area contributed by atoms with Crippen molar-refractivity contribution in [1.82, 2.24) is 5.32 Å². The molecule has 184 valence electrons. The molecular formula is C23H16Cl2N4O7. The Kier molecular flexibility index (Phi) is 8.20. The highest BCUT2D eigenvalue weighted by Gasteiger charge is 2.21. The summed E-state index contributed by atoms with van der Waals surface area (Å²) in [7, 11) is 1.37. The molecular weight excluding hydrogens is 515 g/mol. The zero-order valence-corrected chi connectivity index (χ0v) is 19.9. The average Bonchev–Trinajstić information content (AvgIpc) is 2.84. The number of halogens is 2. The number of benzene rings is 3. The number of hydrogen-bond donors (Lipinski definition) is 2. The molecule has 0 saturated carbocycles. The molecule has 0 spiro atoms. The first-order valence-electron chi connectivity index (χ1n) is 9.95. The lowest BCUT2D eigenvalue weighted by Crippen LogP contribution is -2.31. The van der Waals surface area contributed by atoms with Crippen molar-refractivity contribution in [3.8, 4) is 5.75 Å². The zero-order chi connectivity index (χ0) is 26.4. The number of carbonyl (C=O) groups is 2. The third-order valence-electron chi connectivity index (χ3n) is 4.70. The van der Waals surface area contributed by atoms with E-state index in [0.717, 1.165) is 12.1 Å². The van der Waals surface area contributed by atoms with Gasteiger partial charge in [-0.2, -0.15) is 0 Å². The maximum absolute atomic E-state index is 13.2. The molecule has 3 rings (SSSR count). The van der Waals surface area contributed by atoms with Crippen LogP contribution in [-0.2, 0) is 4.79 Å². The lowest BCUT2D eigenvalue weighted by Gasteiger charge is -2.14. The lowest BCUT2D eigenvalue weighted by molar-refractivity contribution is -0.385. The van der Waals surface area contributed by atoms with Gasteiger partial charge >= 0.3 is 0 Å². The third kappa shape index (κ3) is 6.34. The van der Waals surface area contributed by atoms with Crippen LogP contribution in [0.3, 0.4) is 0 Å². The van der Waals surface area contributed by atoms with Crippen molar-refractivity contribution < 1.29 is 24.2 Å². The Balaban J connectivity index is 2.02. The molecule has 0 atom stereocenters. The Morgan fingerprint density at radius 2 is 1.64 bits per heavy atom. The molecule has 0 heterocycles. The average molecular weight is 531 g/mol. The highest BCUT2D eigenvalue weighted by Crippen LogP contribution is 2.28. The fraction of sp³-hybridized carbons (Fsp3) is 0.0435. The van der Waals surface area contributed by atoms with E-state index in [4.69, 9.17) is 27.9 Å². The standard InChI is InChI=1S/C23H16Cl2N4O7/c1-36-21-11-14(24)5-8-19(21)26-23(31)20(10-13-3-2-4-15(9-13)28(32)33)27-22(30)17-12-16(29(34)35)6-7-18(17)25/h2-12H,1H3,(H,26,31)(H,27,30)/b20-10-. The summed E-state index contributed by atoms with van der Waals surface area (Å²) in [6.07, 6.45) is 1.20. The first-order valence-corrected chi connectivity index (χ1v) is 10.7. The number of ether oxygens (including phenoxy) is 1. The van der Waals surface area contributed by atoms with Crippen LogP contribution >= 0.6 is 23.2 Å². The van der Waals surface area contributed by atoms with E-state index in [0.29, 0.717) is 5.02 Å². The highest BCUT2D eigenvalue weighted by molar-refractivity contribution is 6.34. The quantitative estimate of drug-likeness (QED) is 0.229. The van der Waals surface area contributed by atoms with Gasteiger partial charge in [-0.05, 0) is 29.8 Å². The largest absolute Gasteiger partial charge is 0.495 e. The molecule has 0 saturated heterocycles. The second kappa shape index (κ2) is 11.3. The number of rotatable bonds is 8. The summed E-state index contributed by atoms with van der Waals surface area (Å²) in [6.45, 7) is 0. The van der Waals surface area contributed by atoms with Crippen LogP contribution in [0, 0.1) is 20.2 Å². The van der Waals surface area contributed by atoms with Gasteiger partial charge < -0.3 is 15.4 Å². The molecule has 2 amide bonds. The molecule has 0 radical (unpaired) electrons. The molecule has 3 aromatic rings. The van der Waals surface area contributed by atoms with Crippen LogP contribution in [0.4, 0.5) is 17.1 Å². The molecule has 11 nitrogen and oxygen atoms in total. The molecule has 0 aliphatic heterocycles. The zero-order valence-electron chi connectivity index (χ0n) is 18.4. The van der Waals surface area contributed by atoms with Gasteiger partial charge in [-0.3, -0.25) is 29.8 Å². The van der Waals surface area contributed by atoms with E-state index in [9.17, 15) is 29.8 Å². The second-order valence-electron chi connectivity index (χ2n) is 7.08. The lowest BCUT2D eigenvalue weighted by atomic mass is 10.1. The van der Waals surface area contributed by atoms with Gasteiger partial charge in [0.1, 0.15) is 11.4 Å². The van der Waals surface area contributed by atoms with Crippen LogP contribution in [0.1, 0.15) is 15.9 Å². The number of nitro groups is 2. The first kappa shape index (κ1) is 26.1. The molecule has 2 N–H and O–H groups in total. The van der Waals surface area contributed by atoms with E-state index in [1.54, 1.807) is 0 Å². The number of amides is 2. The van der Waals surface area contributed by atoms with Crippen molar-refractivity contribution in [1.29, 1.82) is 0 Å². The second-order valence-corrected chi connectivity index (χ2v) is 7.93. The Bertz CT molecular complexity index is 1410. The van der Waals surface area contributed by atoms with Crippen LogP contribution < -0.4 is 15.4 Å². The van der Waals surface area contributed by atoms with Crippen LogP contribution in [0.2, 0.25) is 10.0 Å². The highest BCUT2D eigenvalue weighted by atomic mass is 35.5. The minimum Gasteiger partial charge on any atom is -0.495 e. The van der Waals surface area contributed by atoms with Gasteiger partial charge in [-0.1, -0.05) is 35.3 Å². The molecule has 0 unspecified atom stereocenters. The van der Waals surface area contributed by atoms with Crippen molar-refractivity contribution in [2.24, 2.45) is 0 Å². The van der Waals surface area contributed by atoms with Gasteiger partial charge in [-0.15, -0.1) is 0 Å². The number of nitro benzene ring substituents is 2. The first-order chi connectivity index (χ1) is 17.1. The summed E-state index contributed by atoms with van der Waals surface area (Å²) in [5, 5.41) is 27.5. The minimum atomic E-state index is -0.918. The van der Waals surface area contributed by atoms with E-state index in [2.05, 4.69) is 10.6 Å². The van der Waals surface area contributed by atoms with Gasteiger partial charge in [0.15, 0.2) is 0 Å². The topological polar surface area (TPSA) is 154 Å². The predicted molar refractivity (Wildman–Crippen MR) is 133 cm³/mol. The van der Waals surface area contributed by atoms with Crippen LogP contribution in [0.25, 0.3) is 6.08 Å². The molecule has 0 fully saturated rings. The Hall–Kier alpha value is -4.48. The number of carbonyl (C=O) groups excluding carboxylic acids is 2. The Morgan fingerprint density at radius 1 is 0.944 bits per heavy atom. The van der Waals surface area contributed by atoms with Crippen molar-refractivity contribution >= 4 is 58.2 Å². The third-order valence-corrected chi connectivity index (χ3v) is 5.27. The summed E-state index contributed by atoms with van der Waals surface area (Å²) < 4.78 is 5.21. The van der Waals surface area contributed by atoms with Crippen molar-refractivity contribution in [3.63, 3.8) is 0 Å². The normalized spacial score (nSPS) is 10.9. The number of nitrogens with zero attached hydrogens (tertiary/aromatic N) is 2. The van der Waals surface area contributed by atoms with Gasteiger partial charge in [0.2, 0.25) is 0 Å². The van der Waals surface area contributed by atoms with Crippen molar-refractivity contribution in [3.05, 3.63) is 108 Å². The van der Waals surface area contributed by atoms with Gasteiger partial charge in [0.25, 0.3) is 23.2 Å². The monoisotopic (exact) mass is 530 g/mol. The van der Waals surface area contributed by atoms with E-state index in [-0.39, 0.29) is 44.7 Å². The minimum absolute atomic E-state index is 0.0902. The van der Waals surface area contributed by atoms with Crippen molar-refractivity contribution in [2.75, 3.05) is 12.4 Å². The molecule has 3 aromatic carbocycles. The molecule has 0 bridgehead atoms. The predicted octanol–water partition coefficient (Wildman–Crippen LogP) is 5.23. The SMILES string of the molecule is COc1cc(Cl)ccc1NC(=O)/C(=C/c1cccc([N+](=O)[O-])c1)NC(=O)c1cc([N+](=O)[O-])ccc1Cl. The van der Waals surface area contributed by atoms with Crippen LogP contribution in [0.15, 0.2) is 66.4 Å². The molecule has 36 heavy (non-hydrogen) atoms. The van der Waals surface area contributed by atoms with E-state index < -0.39 is 21.7 Å². The summed E-state index contributed by atoms with van der Waals surface area (Å²) in [4.78, 5) is 47.0. The van der Waals surface area contributed by atoms with E-state index in [1.807, 2.05) is 0 Å². The molecule has 0 aliphatic rings. The summed E-state index contributed by atoms with van der Waals surface area (Å²) in [6, 6.07) is 13.0. The fourth-order valence-electron chi connectivity index (χ4n) is 3.00. The Morgan fingerprint density at radius 3 is 2.31 bits per heavy atom. The van der Waals surface area contributed by atoms with Crippen LogP contribution in [-0.4, -0.2) is 28.8 Å². The molecule has 0 aromatic heterocycles. The number of methoxy groups -OCH3 is 1. The van der Waals surface area contributed by atoms with Gasteiger partial charge in [-0.25, -0.2) is 0 Å². The van der Waals surface area contributed by atoms with Gasteiger partial charge in [0, 0.05) is 35.4 Å². The number of anilines is 1. The summed E-state index contributed by atoms with van der Waals surface area (Å²) >= 11 is 12.0. The number of hydrogen-bond acceptors (Lipinski definition) is 7. The number of non-ortho nitro benzene ring substituents is 2. The summed E-state index contributed by atoms with van der Waals surface area (Å²) in [5.41, 5.74) is -0.768. The number of nitrogens with one attached hydrogen (secondary N) is 2. The summed E-state index contributed by atoms with van der Waals surface area (Å²) in [5.74, 6) is -1.51. The maximum atomic E-state index is 13.2. The Labute approximate surface area is 213 Å². The van der Waals surface area contributed by atoms with E-state index in [1.165, 1.54) is 61.7 Å². The van der Waals surface area contributed by atoms with Crippen LogP contribution in [0.5, 0.6) is 5.75 Å². The maximum Gasteiger partial charge on any atom is 0.272 e. The fourth-order valence-corrected chi connectivity index (χ4v) is 3.37.